The van der Waals surface area contributed by atoms with Crippen molar-refractivity contribution in [3.63, 3.8) is 0 Å². The molecule has 4 aromatic heterocycles. The first-order valence-electron chi connectivity index (χ1n) is 13.4. The van der Waals surface area contributed by atoms with Crippen LogP contribution in [-0.4, -0.2) is 23.9 Å². The smallest absolute Gasteiger partial charge is 0.235 e. The normalized spacial score (nSPS) is 12.0. The van der Waals surface area contributed by atoms with Gasteiger partial charge in [0.05, 0.1) is 33.3 Å². The molecule has 0 amide bonds. The summed E-state index contributed by atoms with van der Waals surface area (Å²) in [4.78, 5) is 15.4. The molecule has 4 heterocycles. The number of pyridine rings is 1. The van der Waals surface area contributed by atoms with Crippen molar-refractivity contribution in [2.45, 2.75) is 0 Å². The fraction of sp³-hybridized carbons (Fsp3) is 0. The van der Waals surface area contributed by atoms with E-state index in [1.165, 1.54) is 10.8 Å². The second-order valence-electron chi connectivity index (χ2n) is 10.2. The average molecular weight is 512 g/mol. The molecule has 0 spiro atoms. The Hall–Kier alpha value is -5.55. The fourth-order valence-electron chi connectivity index (χ4n) is 6.12. The van der Waals surface area contributed by atoms with E-state index in [0.29, 0.717) is 5.95 Å². The van der Waals surface area contributed by atoms with Crippen molar-refractivity contribution in [1.82, 2.24) is 23.9 Å². The van der Waals surface area contributed by atoms with Crippen molar-refractivity contribution in [1.29, 1.82) is 0 Å². The van der Waals surface area contributed by atoms with Crippen molar-refractivity contribution >= 4 is 60.2 Å². The summed E-state index contributed by atoms with van der Waals surface area (Å²) in [7, 11) is 0. The molecule has 0 saturated heterocycles. The molecule has 0 aliphatic heterocycles. The highest BCUT2D eigenvalue weighted by Crippen LogP contribution is 2.39. The lowest BCUT2D eigenvalue weighted by Crippen LogP contribution is -2.03. The minimum atomic E-state index is 0.655. The van der Waals surface area contributed by atoms with Gasteiger partial charge in [-0.1, -0.05) is 91.0 Å². The fourth-order valence-corrected chi connectivity index (χ4v) is 6.12. The third-order valence-corrected chi connectivity index (χ3v) is 7.92. The van der Waals surface area contributed by atoms with Crippen LogP contribution in [0.3, 0.4) is 0 Å². The molecule has 0 radical (unpaired) electrons. The Labute approximate surface area is 228 Å². The van der Waals surface area contributed by atoms with Gasteiger partial charge in [0.1, 0.15) is 5.65 Å². The van der Waals surface area contributed by atoms with Crippen LogP contribution < -0.4 is 0 Å². The van der Waals surface area contributed by atoms with E-state index in [1.54, 1.807) is 0 Å². The van der Waals surface area contributed by atoms with Crippen molar-refractivity contribution in [2.75, 3.05) is 0 Å². The van der Waals surface area contributed by atoms with E-state index < -0.39 is 0 Å². The number of nitrogens with zero attached hydrogens (tertiary/aromatic N) is 5. The molecule has 9 aromatic rings. The maximum atomic E-state index is 5.28. The van der Waals surface area contributed by atoms with Gasteiger partial charge in [0.25, 0.3) is 0 Å². The second-order valence-corrected chi connectivity index (χ2v) is 10.2. The van der Waals surface area contributed by atoms with Crippen LogP contribution in [0.25, 0.3) is 77.4 Å². The van der Waals surface area contributed by atoms with Gasteiger partial charge in [0.15, 0.2) is 0 Å². The molecule has 5 nitrogen and oxygen atoms in total. The number of para-hydroxylation sites is 1. The number of benzene rings is 5. The molecule has 0 N–H and O–H groups in total. The predicted octanol–water partition coefficient (Wildman–Crippen LogP) is 8.35. The molecule has 9 rings (SSSR count). The molecule has 0 aliphatic rings. The Morgan fingerprint density at radius 2 is 1.30 bits per heavy atom. The number of fused-ring (bicyclic) bond motifs is 9. The largest absolute Gasteiger partial charge is 0.300 e. The Morgan fingerprint density at radius 3 is 2.23 bits per heavy atom. The molecule has 0 unspecified atom stereocenters. The van der Waals surface area contributed by atoms with Crippen molar-refractivity contribution in [3.05, 3.63) is 128 Å². The third-order valence-electron chi connectivity index (χ3n) is 7.92. The van der Waals surface area contributed by atoms with E-state index >= 15 is 0 Å². The number of rotatable bonds is 2. The lowest BCUT2D eigenvalue weighted by Gasteiger charge is -2.12. The lowest BCUT2D eigenvalue weighted by atomic mass is 10.1. The van der Waals surface area contributed by atoms with Gasteiger partial charge in [-0.05, 0) is 35.7 Å². The molecule has 0 atom stereocenters. The molecule has 0 aliphatic carbocycles. The van der Waals surface area contributed by atoms with Gasteiger partial charge in [0.2, 0.25) is 5.95 Å². The summed E-state index contributed by atoms with van der Waals surface area (Å²) < 4.78 is 4.39. The summed E-state index contributed by atoms with van der Waals surface area (Å²) >= 11 is 0. The number of hydrogen-bond donors (Lipinski definition) is 0. The van der Waals surface area contributed by atoms with Gasteiger partial charge < -0.3 is 0 Å². The first kappa shape index (κ1) is 21.4. The summed E-state index contributed by atoms with van der Waals surface area (Å²) in [5, 5.41) is 5.67. The van der Waals surface area contributed by atoms with Gasteiger partial charge in [0, 0.05) is 33.3 Å². The maximum Gasteiger partial charge on any atom is 0.235 e. The Morgan fingerprint density at radius 1 is 0.500 bits per heavy atom. The highest BCUT2D eigenvalue weighted by molar-refractivity contribution is 6.20. The van der Waals surface area contributed by atoms with Crippen molar-refractivity contribution in [3.8, 4) is 17.2 Å². The van der Waals surface area contributed by atoms with Crippen LogP contribution in [0.5, 0.6) is 0 Å². The maximum absolute atomic E-state index is 5.28. The zero-order valence-corrected chi connectivity index (χ0v) is 21.4. The summed E-state index contributed by atoms with van der Waals surface area (Å²) in [5.74, 6) is 0.655. The highest BCUT2D eigenvalue weighted by Gasteiger charge is 2.20. The SMILES string of the molecule is c1ccc(-c2nc(-n3c4cc5c(cc4c4ccc6ccccc6c43)nc3ccccn35)nc3ccccc23)cc1. The minimum absolute atomic E-state index is 0.655. The predicted molar refractivity (Wildman–Crippen MR) is 163 cm³/mol. The molecule has 0 bridgehead atoms. The van der Waals surface area contributed by atoms with Crippen LogP contribution in [0.1, 0.15) is 0 Å². The van der Waals surface area contributed by atoms with Crippen LogP contribution in [0.4, 0.5) is 0 Å². The molecular weight excluding hydrogens is 490 g/mol. The zero-order valence-electron chi connectivity index (χ0n) is 21.4. The summed E-state index contributed by atoms with van der Waals surface area (Å²) in [6.07, 6.45) is 2.07. The van der Waals surface area contributed by atoms with Gasteiger partial charge in [-0.3, -0.25) is 8.97 Å². The van der Waals surface area contributed by atoms with Gasteiger partial charge in [-0.15, -0.1) is 0 Å². The topological polar surface area (TPSA) is 48.0 Å². The van der Waals surface area contributed by atoms with E-state index in [1.807, 2.05) is 36.4 Å². The second kappa shape index (κ2) is 7.98. The number of hydrogen-bond acceptors (Lipinski definition) is 3. The summed E-state index contributed by atoms with van der Waals surface area (Å²) in [6.45, 7) is 0. The van der Waals surface area contributed by atoms with Crippen LogP contribution in [-0.2, 0) is 0 Å². The van der Waals surface area contributed by atoms with Crippen LogP contribution >= 0.6 is 0 Å². The van der Waals surface area contributed by atoms with E-state index in [4.69, 9.17) is 15.0 Å². The summed E-state index contributed by atoms with van der Waals surface area (Å²) in [5.41, 5.74) is 8.01. The third kappa shape index (κ3) is 2.94. The van der Waals surface area contributed by atoms with Crippen LogP contribution in [0.15, 0.2) is 128 Å². The standard InChI is InChI=1S/C35H21N5/c1-2-11-23(12-3-1)33-26-14-6-7-15-28(26)37-35(38-33)40-30-21-31-29(36-32-16-8-9-19-39(31)32)20-27(30)25-18-17-22-10-4-5-13-24(22)34(25)40/h1-21H. The molecule has 40 heavy (non-hydrogen) atoms. The number of aromatic nitrogens is 5. The molecule has 5 aromatic carbocycles. The molecular formula is C35H21N5. The Kier molecular flexibility index (Phi) is 4.27. The monoisotopic (exact) mass is 511 g/mol. The zero-order chi connectivity index (χ0) is 26.2. The molecule has 5 heteroatoms. The van der Waals surface area contributed by atoms with E-state index in [9.17, 15) is 0 Å². The first-order chi connectivity index (χ1) is 19.8. The average Bonchev–Trinajstić information content (AvgIpc) is 3.55. The van der Waals surface area contributed by atoms with Gasteiger partial charge in [-0.25, -0.2) is 15.0 Å². The first-order valence-corrected chi connectivity index (χ1v) is 13.4. The van der Waals surface area contributed by atoms with Crippen LogP contribution in [0, 0.1) is 0 Å². The molecule has 186 valence electrons. The number of imidazole rings is 1. The minimum Gasteiger partial charge on any atom is -0.300 e. The Balaban J connectivity index is 1.49. The van der Waals surface area contributed by atoms with Gasteiger partial charge >= 0.3 is 0 Å². The van der Waals surface area contributed by atoms with Crippen LogP contribution in [0.2, 0.25) is 0 Å². The summed E-state index contributed by atoms with van der Waals surface area (Å²) in [6, 6.07) is 42.2. The molecule has 0 fully saturated rings. The lowest BCUT2D eigenvalue weighted by molar-refractivity contribution is 1.02. The van der Waals surface area contributed by atoms with Crippen molar-refractivity contribution in [2.24, 2.45) is 0 Å². The van der Waals surface area contributed by atoms with E-state index in [2.05, 4.69) is 100 Å². The molecule has 0 saturated carbocycles. The Bertz CT molecular complexity index is 2430. The quantitative estimate of drug-likeness (QED) is 0.234. The highest BCUT2D eigenvalue weighted by atomic mass is 15.2. The van der Waals surface area contributed by atoms with Gasteiger partial charge in [-0.2, -0.15) is 0 Å². The van der Waals surface area contributed by atoms with E-state index in [0.717, 1.165) is 60.6 Å². The van der Waals surface area contributed by atoms with Crippen molar-refractivity contribution < 1.29 is 0 Å². The van der Waals surface area contributed by atoms with E-state index in [-0.39, 0.29) is 0 Å².